The standard InChI is InChI=1S/2C13H23NO9.2C8H12O8.2C5H13NO2.8CH4.2H2O/c1-14(2-4-15)3-6-22-11(19)9-13(12(20)21,8-10(17)18)23-7-5-16;1-14(2-4-15)3-6-22-12(21)13(8-10(17)18,9-11(19)20)23-7-5-16;2*9-1-2-16-8(7(14)15,3-5(10)11)4-6(12)13;2*1-6(2-4-7)3-5-8;;;;;;;;;;/h15-16H,2-9H2,1H3,(H,17,18)(H,20,21);15-16H,2-9H2,1H3,(H,17,18)(H,19,20);2*9H,1-4H2,(H,10,11)(H,12,13)(H,14,15);2*7-8H,2-5H2,1H3;8*1H4;2*1H2. The predicted octanol–water partition coefficient (Wildman–Crippen LogP) is -4.92. The second-order valence-electron chi connectivity index (χ2n) is 19.3. The van der Waals surface area contributed by atoms with Crippen LogP contribution in [0.5, 0.6) is 0 Å². The van der Waals surface area contributed by atoms with E-state index in [1.54, 1.807) is 23.9 Å². The van der Waals surface area contributed by atoms with Crippen molar-refractivity contribution in [3.05, 3.63) is 0 Å². The van der Waals surface area contributed by atoms with Crippen LogP contribution in [-0.4, -0.2) is 413 Å². The minimum atomic E-state index is -2.35. The number of nitrogens with zero attached hydrogens (tertiary/aromatic N) is 4. The van der Waals surface area contributed by atoms with Gasteiger partial charge < -0.3 is 161 Å². The fourth-order valence-electron chi connectivity index (χ4n) is 6.67. The van der Waals surface area contributed by atoms with E-state index in [1.807, 2.05) is 23.9 Å². The molecule has 0 saturated carbocycles. The molecule has 0 aliphatic carbocycles. The number of ether oxygens (including phenoxy) is 6. The number of carboxylic acids is 10. The summed E-state index contributed by atoms with van der Waals surface area (Å²) in [5.41, 5.74) is -9.18. The predicted molar refractivity (Wildman–Crippen MR) is 372 cm³/mol. The Hall–Kier alpha value is -7.16. The van der Waals surface area contributed by atoms with E-state index in [0.29, 0.717) is 45.8 Å². The van der Waals surface area contributed by atoms with Crippen LogP contribution in [0.15, 0.2) is 0 Å². The number of aliphatic hydroxyl groups is 10. The molecule has 0 amide bonds. The molecule has 0 aromatic carbocycles. The Morgan fingerprint density at radius 3 is 0.606 bits per heavy atom. The molecule has 0 fully saturated rings. The van der Waals surface area contributed by atoms with Crippen molar-refractivity contribution in [2.75, 3.05) is 186 Å². The molecule has 0 bridgehead atoms. The highest BCUT2D eigenvalue weighted by Crippen LogP contribution is 2.26. The maximum Gasteiger partial charge on any atom is 0.339 e. The maximum atomic E-state index is 12.2. The largest absolute Gasteiger partial charge is 0.481 e. The molecule has 0 radical (unpaired) electrons. The molecular weight excluding hydrogens is 1420 g/mol. The molecule has 0 heterocycles. The van der Waals surface area contributed by atoms with Gasteiger partial charge in [0.2, 0.25) is 0 Å². The van der Waals surface area contributed by atoms with Crippen LogP contribution < -0.4 is 0 Å². The number of carbonyl (C=O) groups is 12. The van der Waals surface area contributed by atoms with Crippen molar-refractivity contribution in [2.45, 2.75) is 133 Å². The first-order valence-electron chi connectivity index (χ1n) is 27.8. The third kappa shape index (κ3) is 73.2. The zero-order chi connectivity index (χ0) is 74.1. The number of esters is 2. The summed E-state index contributed by atoms with van der Waals surface area (Å²) < 4.78 is 29.0. The van der Waals surface area contributed by atoms with Crippen molar-refractivity contribution in [1.29, 1.82) is 0 Å². The molecule has 0 spiro atoms. The summed E-state index contributed by atoms with van der Waals surface area (Å²) >= 11 is 0. The van der Waals surface area contributed by atoms with Gasteiger partial charge in [-0.2, -0.15) is 0 Å². The molecule has 1 unspecified atom stereocenters. The number of aliphatic hydroxyl groups excluding tert-OH is 10. The summed E-state index contributed by atoms with van der Waals surface area (Å²) in [4.78, 5) is 139. The van der Waals surface area contributed by atoms with Crippen LogP contribution in [0.2, 0.25) is 0 Å². The average Bonchev–Trinajstić information content (AvgIpc) is 0.856. The molecule has 1 atom stereocenters. The van der Waals surface area contributed by atoms with Gasteiger partial charge in [-0.05, 0) is 28.2 Å². The first-order valence-corrected chi connectivity index (χ1v) is 27.8. The van der Waals surface area contributed by atoms with Crippen LogP contribution in [0.3, 0.4) is 0 Å². The first kappa shape index (κ1) is 136. The van der Waals surface area contributed by atoms with Gasteiger partial charge in [-0.25, -0.2) is 19.2 Å². The van der Waals surface area contributed by atoms with Crippen molar-refractivity contribution >= 4 is 71.6 Å². The molecule has 0 aliphatic heterocycles. The van der Waals surface area contributed by atoms with Crippen molar-refractivity contribution in [3.63, 3.8) is 0 Å². The van der Waals surface area contributed by atoms with Crippen LogP contribution in [0.25, 0.3) is 0 Å². The molecule has 44 nitrogen and oxygen atoms in total. The summed E-state index contributed by atoms with van der Waals surface area (Å²) in [6.45, 7) is 0.414. The number of hydrogen-bond donors (Lipinski definition) is 20. The van der Waals surface area contributed by atoms with Crippen LogP contribution in [0.1, 0.15) is 111 Å². The van der Waals surface area contributed by atoms with Gasteiger partial charge in [-0.15, -0.1) is 0 Å². The lowest BCUT2D eigenvalue weighted by Crippen LogP contribution is -2.47. The van der Waals surface area contributed by atoms with Gasteiger partial charge in [-0.1, -0.05) is 59.4 Å². The lowest BCUT2D eigenvalue weighted by molar-refractivity contribution is -0.184. The summed E-state index contributed by atoms with van der Waals surface area (Å²) in [5.74, 6) is -17.4. The minimum absolute atomic E-state index is 0. The number of carbonyl (C=O) groups excluding carboxylic acids is 2. The molecule has 632 valence electrons. The smallest absolute Gasteiger partial charge is 0.339 e. The normalized spacial score (nSPS) is 10.6. The molecule has 0 rings (SSSR count). The number of carboxylic acid groups (broad SMARTS) is 10. The van der Waals surface area contributed by atoms with Crippen LogP contribution >= 0.6 is 0 Å². The van der Waals surface area contributed by atoms with Gasteiger partial charge in [0.05, 0.1) is 144 Å². The zero-order valence-corrected chi connectivity index (χ0v) is 53.7. The Morgan fingerprint density at radius 1 is 0.250 bits per heavy atom. The summed E-state index contributed by atoms with van der Waals surface area (Å²) in [6, 6.07) is 0. The maximum absolute atomic E-state index is 12.2. The third-order valence-electron chi connectivity index (χ3n) is 11.2. The van der Waals surface area contributed by atoms with Crippen LogP contribution in [-0.2, 0) is 86.0 Å². The molecule has 0 aliphatic rings. The van der Waals surface area contributed by atoms with Gasteiger partial charge in [0, 0.05) is 52.4 Å². The van der Waals surface area contributed by atoms with Gasteiger partial charge in [0.25, 0.3) is 0 Å². The Bertz CT molecular complexity index is 2030. The van der Waals surface area contributed by atoms with Gasteiger partial charge >= 0.3 is 71.6 Å². The van der Waals surface area contributed by atoms with E-state index in [0.717, 1.165) is 0 Å². The SMILES string of the molecule is C.C.C.C.C.C.C.C.CN(CCO)CCO.CN(CCO)CCO.CN(CCO)CCOC(=O)C(CC(=O)O)(CC(=O)O)OCCO.CN(CCO)CCOC(=O)CC(CC(=O)O)(OCCO)C(=O)O.O.O.O=C(O)CC(CC(=O)O)(OCCO)C(=O)O.O=C(O)CC(CC(=O)O)(OCCO)C(=O)O. The number of likely N-dealkylation sites (N-methyl/N-ethyl adjacent to an activating group) is 4. The third-order valence-corrected chi connectivity index (χ3v) is 11.2. The molecule has 0 aromatic rings. The lowest BCUT2D eigenvalue weighted by Gasteiger charge is -2.29. The summed E-state index contributed by atoms with van der Waals surface area (Å²) in [7, 11) is 7.08. The second-order valence-corrected chi connectivity index (χ2v) is 19.3. The molecule has 0 saturated heterocycles. The lowest BCUT2D eigenvalue weighted by atomic mass is 9.95. The van der Waals surface area contributed by atoms with E-state index >= 15 is 0 Å². The highest BCUT2D eigenvalue weighted by molar-refractivity contribution is 5.91. The highest BCUT2D eigenvalue weighted by atomic mass is 16.6. The topological polar surface area (TPSA) is 741 Å². The fourth-order valence-corrected chi connectivity index (χ4v) is 6.67. The number of hydrogen-bond acceptors (Lipinski definition) is 32. The van der Waals surface area contributed by atoms with E-state index in [9.17, 15) is 62.6 Å². The Balaban J connectivity index is -0.0000000647. The summed E-state index contributed by atoms with van der Waals surface area (Å²) in [5, 5.41) is 173. The van der Waals surface area contributed by atoms with Gasteiger partial charge in [0.15, 0.2) is 22.4 Å². The molecule has 104 heavy (non-hydrogen) atoms. The molecule has 44 heteroatoms. The average molecular weight is 1550 g/mol. The Kier molecular flexibility index (Phi) is 107. The van der Waals surface area contributed by atoms with Gasteiger partial charge in [0.1, 0.15) is 13.2 Å². The number of rotatable bonds is 50. The monoisotopic (exact) mass is 1550 g/mol. The quantitative estimate of drug-likeness (QED) is 0.0254. The van der Waals surface area contributed by atoms with E-state index in [2.05, 4.69) is 9.47 Å². The summed E-state index contributed by atoms with van der Waals surface area (Å²) in [6.07, 6.45) is -7.50. The molecular formula is C60H132N4O40. The minimum Gasteiger partial charge on any atom is -0.481 e. The zero-order valence-electron chi connectivity index (χ0n) is 53.7. The Morgan fingerprint density at radius 2 is 0.423 bits per heavy atom. The van der Waals surface area contributed by atoms with Crippen LogP contribution in [0.4, 0.5) is 0 Å². The first-order chi connectivity index (χ1) is 43.8. The van der Waals surface area contributed by atoms with E-state index < -0.39 is 198 Å². The fraction of sp³-hybridized carbons (Fsp3) is 0.800. The van der Waals surface area contributed by atoms with Crippen molar-refractivity contribution < 1.29 is 199 Å². The highest BCUT2D eigenvalue weighted by Gasteiger charge is 2.48. The van der Waals surface area contributed by atoms with Crippen molar-refractivity contribution in [3.8, 4) is 0 Å². The van der Waals surface area contributed by atoms with Crippen molar-refractivity contribution in [1.82, 2.24) is 19.6 Å². The van der Waals surface area contributed by atoms with Crippen molar-refractivity contribution in [2.24, 2.45) is 0 Å². The van der Waals surface area contributed by atoms with E-state index in [1.165, 1.54) is 0 Å². The van der Waals surface area contributed by atoms with E-state index in [4.69, 9.17) is 116 Å². The molecule has 0 aromatic heterocycles. The second kappa shape index (κ2) is 81.5. The van der Waals surface area contributed by atoms with Gasteiger partial charge in [-0.3, -0.25) is 38.4 Å². The van der Waals surface area contributed by atoms with E-state index in [-0.39, 0.29) is 130 Å². The molecule has 24 N–H and O–H groups in total. The number of aliphatic carboxylic acids is 10. The van der Waals surface area contributed by atoms with Crippen LogP contribution in [0, 0.1) is 0 Å². The Labute approximate surface area is 608 Å².